The van der Waals surface area contributed by atoms with E-state index in [0.29, 0.717) is 12.5 Å². The molecule has 0 radical (unpaired) electrons. The summed E-state index contributed by atoms with van der Waals surface area (Å²) >= 11 is 0. The molecule has 0 bridgehead atoms. The van der Waals surface area contributed by atoms with E-state index in [2.05, 4.69) is 22.5 Å². The van der Waals surface area contributed by atoms with Crippen molar-refractivity contribution in [1.82, 2.24) is 15.5 Å². The van der Waals surface area contributed by atoms with Gasteiger partial charge >= 0.3 is 6.03 Å². The van der Waals surface area contributed by atoms with Gasteiger partial charge in [-0.15, -0.1) is 0 Å². The summed E-state index contributed by atoms with van der Waals surface area (Å²) in [5, 5.41) is 15.4. The molecule has 2 unspecified atom stereocenters. The molecular weight excluding hydrogens is 290 g/mol. The molecule has 1 aromatic carbocycles. The monoisotopic (exact) mass is 317 g/mol. The number of nitrogens with one attached hydrogen (secondary N) is 2. The van der Waals surface area contributed by atoms with Crippen molar-refractivity contribution in [1.29, 1.82) is 0 Å². The summed E-state index contributed by atoms with van der Waals surface area (Å²) < 4.78 is 0. The van der Waals surface area contributed by atoms with Gasteiger partial charge < -0.3 is 15.7 Å². The molecule has 0 aromatic heterocycles. The van der Waals surface area contributed by atoms with E-state index in [1.54, 1.807) is 0 Å². The van der Waals surface area contributed by atoms with E-state index in [1.165, 1.54) is 12.8 Å². The summed E-state index contributed by atoms with van der Waals surface area (Å²) in [7, 11) is 0. The predicted molar refractivity (Wildman–Crippen MR) is 90.1 cm³/mol. The Bertz CT molecular complexity index is 518. The van der Waals surface area contributed by atoms with Crippen LogP contribution in [0.15, 0.2) is 30.3 Å². The van der Waals surface area contributed by atoms with E-state index in [4.69, 9.17) is 0 Å². The van der Waals surface area contributed by atoms with Gasteiger partial charge in [0.15, 0.2) is 0 Å². The summed E-state index contributed by atoms with van der Waals surface area (Å²) in [5.74, 6) is 0. The lowest BCUT2D eigenvalue weighted by Gasteiger charge is -2.21. The van der Waals surface area contributed by atoms with Gasteiger partial charge in [-0.05, 0) is 38.2 Å². The third kappa shape index (κ3) is 4.24. The predicted octanol–water partition coefficient (Wildman–Crippen LogP) is 2.03. The maximum absolute atomic E-state index is 12.3. The Balaban J connectivity index is 1.53. The fourth-order valence-electron chi connectivity index (χ4n) is 3.60. The van der Waals surface area contributed by atoms with Crippen LogP contribution in [0.5, 0.6) is 0 Å². The van der Waals surface area contributed by atoms with Crippen LogP contribution in [0.1, 0.15) is 44.2 Å². The van der Waals surface area contributed by atoms with Crippen LogP contribution in [0.25, 0.3) is 0 Å². The van der Waals surface area contributed by atoms with Gasteiger partial charge in [-0.2, -0.15) is 0 Å². The summed E-state index contributed by atoms with van der Waals surface area (Å²) in [6.07, 6.45) is 4.14. The van der Waals surface area contributed by atoms with Crippen LogP contribution in [0.2, 0.25) is 0 Å². The van der Waals surface area contributed by atoms with E-state index in [9.17, 15) is 9.90 Å². The molecule has 3 rings (SSSR count). The van der Waals surface area contributed by atoms with Crippen LogP contribution in [0.4, 0.5) is 4.79 Å². The topological polar surface area (TPSA) is 64.6 Å². The number of likely N-dealkylation sites (tertiary alicyclic amines) is 1. The van der Waals surface area contributed by atoms with Gasteiger partial charge in [0.2, 0.25) is 0 Å². The Hall–Kier alpha value is -1.59. The van der Waals surface area contributed by atoms with Gasteiger partial charge in [0.25, 0.3) is 0 Å². The summed E-state index contributed by atoms with van der Waals surface area (Å²) in [5.41, 5.74) is 1.02. The van der Waals surface area contributed by atoms with Gasteiger partial charge in [0.05, 0.1) is 6.04 Å². The Labute approximate surface area is 138 Å². The fraction of sp³-hybridized carbons (Fsp3) is 0.611. The second kappa shape index (κ2) is 7.32. The molecule has 3 atom stereocenters. The van der Waals surface area contributed by atoms with E-state index in [-0.39, 0.29) is 24.7 Å². The van der Waals surface area contributed by atoms with Crippen LogP contribution >= 0.6 is 0 Å². The standard InChI is InChI=1S/C18H27N3O2/c1-13-11-15(12-21(13)16-7-8-16)19-18(23)20-17(9-10-22)14-5-3-2-4-6-14/h2-6,13,15-17,22H,7-12H2,1H3,(H2,19,20,23)/t13?,15?,17-/m1/s1. The van der Waals surface area contributed by atoms with Crippen molar-refractivity contribution in [3.05, 3.63) is 35.9 Å². The first-order chi connectivity index (χ1) is 11.2. The Morgan fingerprint density at radius 1 is 1.35 bits per heavy atom. The third-order valence-corrected chi connectivity index (χ3v) is 4.90. The normalized spacial score (nSPS) is 26.0. The van der Waals surface area contributed by atoms with Crippen LogP contribution in [-0.4, -0.2) is 47.3 Å². The molecule has 1 aromatic rings. The number of aliphatic hydroxyl groups excluding tert-OH is 1. The second-order valence-corrected chi connectivity index (χ2v) is 6.80. The highest BCUT2D eigenvalue weighted by Crippen LogP contribution is 2.33. The minimum atomic E-state index is -0.153. The molecule has 5 nitrogen and oxygen atoms in total. The molecule has 2 aliphatic rings. The van der Waals surface area contributed by atoms with Crippen molar-refractivity contribution in [2.75, 3.05) is 13.2 Å². The molecule has 1 aliphatic carbocycles. The maximum atomic E-state index is 12.3. The molecule has 126 valence electrons. The van der Waals surface area contributed by atoms with E-state index >= 15 is 0 Å². The molecule has 23 heavy (non-hydrogen) atoms. The number of hydrogen-bond acceptors (Lipinski definition) is 3. The zero-order chi connectivity index (χ0) is 16.2. The Morgan fingerprint density at radius 3 is 2.74 bits per heavy atom. The zero-order valence-corrected chi connectivity index (χ0v) is 13.7. The zero-order valence-electron chi connectivity index (χ0n) is 13.7. The third-order valence-electron chi connectivity index (χ3n) is 4.90. The summed E-state index contributed by atoms with van der Waals surface area (Å²) in [4.78, 5) is 14.9. The average molecular weight is 317 g/mol. The van der Waals surface area contributed by atoms with Crippen molar-refractivity contribution in [2.24, 2.45) is 0 Å². The van der Waals surface area contributed by atoms with Crippen molar-refractivity contribution in [3.63, 3.8) is 0 Å². The molecule has 3 N–H and O–H groups in total. The first-order valence-electron chi connectivity index (χ1n) is 8.66. The molecule has 1 aliphatic heterocycles. The van der Waals surface area contributed by atoms with Gasteiger partial charge in [0, 0.05) is 31.3 Å². The van der Waals surface area contributed by atoms with Crippen LogP contribution in [0.3, 0.4) is 0 Å². The number of urea groups is 1. The van der Waals surface area contributed by atoms with Gasteiger partial charge in [-0.3, -0.25) is 4.90 Å². The summed E-state index contributed by atoms with van der Waals surface area (Å²) in [6, 6.07) is 11.0. The quantitative estimate of drug-likeness (QED) is 0.752. The van der Waals surface area contributed by atoms with Crippen LogP contribution in [0, 0.1) is 0 Å². The molecule has 5 heteroatoms. The van der Waals surface area contributed by atoms with Gasteiger partial charge in [-0.1, -0.05) is 30.3 Å². The highest BCUT2D eigenvalue weighted by atomic mass is 16.3. The molecule has 1 saturated heterocycles. The number of hydrogen-bond donors (Lipinski definition) is 3. The number of rotatable bonds is 6. The lowest BCUT2D eigenvalue weighted by atomic mass is 10.0. The molecular formula is C18H27N3O2. The molecule has 1 saturated carbocycles. The highest BCUT2D eigenvalue weighted by molar-refractivity contribution is 5.74. The maximum Gasteiger partial charge on any atom is 0.315 e. The van der Waals surface area contributed by atoms with Crippen molar-refractivity contribution in [2.45, 2.75) is 56.8 Å². The fourth-order valence-corrected chi connectivity index (χ4v) is 3.60. The SMILES string of the molecule is CC1CC(NC(=O)N[C@H](CCO)c2ccccc2)CN1C1CC1. The summed E-state index contributed by atoms with van der Waals surface area (Å²) in [6.45, 7) is 3.25. The highest BCUT2D eigenvalue weighted by Gasteiger charge is 2.39. The smallest absolute Gasteiger partial charge is 0.315 e. The molecule has 0 spiro atoms. The van der Waals surface area contributed by atoms with Gasteiger partial charge in [0.1, 0.15) is 0 Å². The van der Waals surface area contributed by atoms with E-state index < -0.39 is 0 Å². The van der Waals surface area contributed by atoms with Crippen molar-refractivity contribution in [3.8, 4) is 0 Å². The van der Waals surface area contributed by atoms with E-state index in [1.807, 2.05) is 30.3 Å². The number of aliphatic hydroxyl groups is 1. The average Bonchev–Trinajstić information content (AvgIpc) is 3.32. The van der Waals surface area contributed by atoms with E-state index in [0.717, 1.165) is 24.6 Å². The Morgan fingerprint density at radius 2 is 2.09 bits per heavy atom. The first-order valence-corrected chi connectivity index (χ1v) is 8.66. The van der Waals surface area contributed by atoms with Crippen LogP contribution in [-0.2, 0) is 0 Å². The number of carbonyl (C=O) groups excluding carboxylic acids is 1. The number of nitrogens with zero attached hydrogens (tertiary/aromatic N) is 1. The number of carbonyl (C=O) groups is 1. The Kier molecular flexibility index (Phi) is 5.18. The van der Waals surface area contributed by atoms with Crippen molar-refractivity contribution < 1.29 is 9.90 Å². The molecule has 2 amide bonds. The van der Waals surface area contributed by atoms with Crippen LogP contribution < -0.4 is 10.6 Å². The lowest BCUT2D eigenvalue weighted by Crippen LogP contribution is -2.44. The number of amides is 2. The van der Waals surface area contributed by atoms with Crippen molar-refractivity contribution >= 4 is 6.03 Å². The lowest BCUT2D eigenvalue weighted by molar-refractivity contribution is 0.224. The molecule has 2 fully saturated rings. The minimum Gasteiger partial charge on any atom is -0.396 e. The largest absolute Gasteiger partial charge is 0.396 e. The minimum absolute atomic E-state index is 0.0514. The number of benzene rings is 1. The second-order valence-electron chi connectivity index (χ2n) is 6.80. The van der Waals surface area contributed by atoms with Gasteiger partial charge in [-0.25, -0.2) is 4.79 Å². The first kappa shape index (κ1) is 16.3. The molecule has 1 heterocycles.